The van der Waals surface area contributed by atoms with Gasteiger partial charge in [-0.3, -0.25) is 4.98 Å². The molecule has 0 aromatic carbocycles. The number of nitrogens with zero attached hydrogens (tertiary/aromatic N) is 2. The Bertz CT molecular complexity index is 473. The molecule has 5 nitrogen and oxygen atoms in total. The Morgan fingerprint density at radius 2 is 2.39 bits per heavy atom. The van der Waals surface area contributed by atoms with Crippen molar-refractivity contribution < 1.29 is 8.42 Å². The lowest BCUT2D eigenvalue weighted by atomic mass is 10.00. The molecule has 0 aliphatic carbocycles. The Hall–Kier alpha value is -0.980. The summed E-state index contributed by atoms with van der Waals surface area (Å²) in [6.45, 7) is 2.06. The SMILES string of the molecule is CNC[C@@H]1CCCN(S(=O)(=O)c2cccnc2)C1. The van der Waals surface area contributed by atoms with Gasteiger partial charge in [0.15, 0.2) is 0 Å². The van der Waals surface area contributed by atoms with E-state index in [9.17, 15) is 8.42 Å². The highest BCUT2D eigenvalue weighted by atomic mass is 32.2. The monoisotopic (exact) mass is 269 g/mol. The van der Waals surface area contributed by atoms with E-state index >= 15 is 0 Å². The van der Waals surface area contributed by atoms with Crippen molar-refractivity contribution in [1.29, 1.82) is 0 Å². The van der Waals surface area contributed by atoms with E-state index in [0.29, 0.717) is 19.0 Å². The number of aromatic nitrogens is 1. The predicted molar refractivity (Wildman–Crippen MR) is 69.6 cm³/mol. The van der Waals surface area contributed by atoms with Gasteiger partial charge in [0, 0.05) is 25.5 Å². The van der Waals surface area contributed by atoms with Gasteiger partial charge in [-0.15, -0.1) is 0 Å². The molecule has 1 atom stereocenters. The topological polar surface area (TPSA) is 62.3 Å². The van der Waals surface area contributed by atoms with Gasteiger partial charge >= 0.3 is 0 Å². The van der Waals surface area contributed by atoms with E-state index in [4.69, 9.17) is 0 Å². The lowest BCUT2D eigenvalue weighted by Gasteiger charge is -2.31. The third kappa shape index (κ3) is 2.88. The normalized spacial score (nSPS) is 21.9. The van der Waals surface area contributed by atoms with Crippen LogP contribution < -0.4 is 5.32 Å². The zero-order valence-electron chi connectivity index (χ0n) is 10.5. The molecule has 1 N–H and O–H groups in total. The van der Waals surface area contributed by atoms with E-state index in [2.05, 4.69) is 10.3 Å². The summed E-state index contributed by atoms with van der Waals surface area (Å²) in [7, 11) is -1.47. The van der Waals surface area contributed by atoms with Gasteiger partial charge in [-0.25, -0.2) is 8.42 Å². The summed E-state index contributed by atoms with van der Waals surface area (Å²) in [5.74, 6) is 0.398. The maximum atomic E-state index is 12.4. The van der Waals surface area contributed by atoms with Crippen LogP contribution in [0.4, 0.5) is 0 Å². The molecule has 0 spiro atoms. The van der Waals surface area contributed by atoms with Gasteiger partial charge in [-0.1, -0.05) is 0 Å². The molecule has 100 valence electrons. The number of piperidine rings is 1. The van der Waals surface area contributed by atoms with Gasteiger partial charge in [-0.2, -0.15) is 4.31 Å². The van der Waals surface area contributed by atoms with Gasteiger partial charge in [0.05, 0.1) is 0 Å². The fraction of sp³-hybridized carbons (Fsp3) is 0.583. The third-order valence-corrected chi connectivity index (χ3v) is 5.10. The molecule has 1 aliphatic heterocycles. The van der Waals surface area contributed by atoms with Crippen molar-refractivity contribution in [1.82, 2.24) is 14.6 Å². The van der Waals surface area contributed by atoms with Crippen LogP contribution in [0.1, 0.15) is 12.8 Å². The standard InChI is InChI=1S/C12H19N3O2S/c1-13-8-11-4-3-7-15(10-11)18(16,17)12-5-2-6-14-9-12/h2,5-6,9,11,13H,3-4,7-8,10H2,1H3/t11-/m0/s1. The minimum absolute atomic E-state index is 0.287. The molecule has 1 fully saturated rings. The minimum Gasteiger partial charge on any atom is -0.319 e. The fourth-order valence-electron chi connectivity index (χ4n) is 2.35. The van der Waals surface area contributed by atoms with Crippen LogP contribution in [-0.4, -0.2) is 44.4 Å². The summed E-state index contributed by atoms with van der Waals surface area (Å²) in [6.07, 6.45) is 5.00. The van der Waals surface area contributed by atoms with Crippen LogP contribution in [0.5, 0.6) is 0 Å². The molecule has 1 aliphatic rings. The highest BCUT2D eigenvalue weighted by molar-refractivity contribution is 7.89. The van der Waals surface area contributed by atoms with Crippen LogP contribution in [0.3, 0.4) is 0 Å². The Labute approximate surface area is 108 Å². The largest absolute Gasteiger partial charge is 0.319 e. The Balaban J connectivity index is 2.15. The van der Waals surface area contributed by atoms with E-state index < -0.39 is 10.0 Å². The number of rotatable bonds is 4. The number of nitrogens with one attached hydrogen (secondary N) is 1. The molecule has 2 heterocycles. The number of hydrogen-bond donors (Lipinski definition) is 1. The Morgan fingerprint density at radius 1 is 1.56 bits per heavy atom. The van der Waals surface area contributed by atoms with Crippen molar-refractivity contribution in [2.24, 2.45) is 5.92 Å². The molecule has 0 amide bonds. The van der Waals surface area contributed by atoms with E-state index in [1.54, 1.807) is 22.6 Å². The average molecular weight is 269 g/mol. The van der Waals surface area contributed by atoms with Crippen LogP contribution in [0.25, 0.3) is 0 Å². The molecule has 0 saturated carbocycles. The van der Waals surface area contributed by atoms with E-state index in [-0.39, 0.29) is 4.90 Å². The second-order valence-electron chi connectivity index (χ2n) is 4.62. The molecule has 1 aromatic heterocycles. The van der Waals surface area contributed by atoms with E-state index in [1.807, 2.05) is 7.05 Å². The second-order valence-corrected chi connectivity index (χ2v) is 6.56. The van der Waals surface area contributed by atoms with Crippen molar-refractivity contribution in [3.63, 3.8) is 0 Å². The third-order valence-electron chi connectivity index (χ3n) is 3.25. The average Bonchev–Trinajstić information content (AvgIpc) is 2.40. The zero-order valence-corrected chi connectivity index (χ0v) is 11.4. The molecule has 6 heteroatoms. The fourth-order valence-corrected chi connectivity index (χ4v) is 3.87. The van der Waals surface area contributed by atoms with Gasteiger partial charge in [0.25, 0.3) is 0 Å². The van der Waals surface area contributed by atoms with E-state index in [0.717, 1.165) is 19.4 Å². The first-order chi connectivity index (χ1) is 8.64. The summed E-state index contributed by atoms with van der Waals surface area (Å²) in [4.78, 5) is 4.17. The van der Waals surface area contributed by atoms with Crippen molar-refractivity contribution >= 4 is 10.0 Å². The summed E-state index contributed by atoms with van der Waals surface area (Å²) >= 11 is 0. The summed E-state index contributed by atoms with van der Waals surface area (Å²) in [5, 5.41) is 3.12. The molecule has 1 saturated heterocycles. The molecule has 18 heavy (non-hydrogen) atoms. The van der Waals surface area contributed by atoms with Crippen LogP contribution in [0.15, 0.2) is 29.4 Å². The molecule has 1 aromatic rings. The summed E-state index contributed by atoms with van der Waals surface area (Å²) in [6, 6.07) is 3.26. The first kappa shape index (κ1) is 13.5. The smallest absolute Gasteiger partial charge is 0.244 e. The van der Waals surface area contributed by atoms with Gasteiger partial charge in [-0.05, 0) is 44.5 Å². The number of pyridine rings is 1. The molecule has 0 unspecified atom stereocenters. The molecular weight excluding hydrogens is 250 g/mol. The first-order valence-electron chi connectivity index (χ1n) is 6.19. The number of hydrogen-bond acceptors (Lipinski definition) is 4. The molecule has 2 rings (SSSR count). The van der Waals surface area contributed by atoms with Gasteiger partial charge in [0.1, 0.15) is 4.90 Å². The van der Waals surface area contributed by atoms with Crippen LogP contribution in [0, 0.1) is 5.92 Å². The lowest BCUT2D eigenvalue weighted by Crippen LogP contribution is -2.42. The maximum Gasteiger partial charge on any atom is 0.244 e. The van der Waals surface area contributed by atoms with Crippen LogP contribution >= 0.6 is 0 Å². The van der Waals surface area contributed by atoms with Gasteiger partial charge in [0.2, 0.25) is 10.0 Å². The Kier molecular flexibility index (Phi) is 4.31. The Morgan fingerprint density at radius 3 is 3.06 bits per heavy atom. The van der Waals surface area contributed by atoms with Crippen molar-refractivity contribution in [2.75, 3.05) is 26.7 Å². The highest BCUT2D eigenvalue weighted by Gasteiger charge is 2.29. The highest BCUT2D eigenvalue weighted by Crippen LogP contribution is 2.22. The molecule has 0 radical (unpaired) electrons. The van der Waals surface area contributed by atoms with Crippen LogP contribution in [0.2, 0.25) is 0 Å². The number of sulfonamides is 1. The molecule has 0 bridgehead atoms. The summed E-state index contributed by atoms with van der Waals surface area (Å²) in [5.41, 5.74) is 0. The summed E-state index contributed by atoms with van der Waals surface area (Å²) < 4.78 is 26.4. The zero-order chi connectivity index (χ0) is 13.0. The quantitative estimate of drug-likeness (QED) is 0.874. The second kappa shape index (κ2) is 5.77. The van der Waals surface area contributed by atoms with Crippen molar-refractivity contribution in [3.05, 3.63) is 24.5 Å². The van der Waals surface area contributed by atoms with Crippen LogP contribution in [-0.2, 0) is 10.0 Å². The van der Waals surface area contributed by atoms with Crippen molar-refractivity contribution in [2.45, 2.75) is 17.7 Å². The first-order valence-corrected chi connectivity index (χ1v) is 7.63. The van der Waals surface area contributed by atoms with E-state index in [1.165, 1.54) is 6.20 Å². The maximum absolute atomic E-state index is 12.4. The minimum atomic E-state index is -3.37. The van der Waals surface area contributed by atoms with Crippen molar-refractivity contribution in [3.8, 4) is 0 Å². The molecular formula is C12H19N3O2S. The predicted octanol–water partition coefficient (Wildman–Crippen LogP) is 0.702. The van der Waals surface area contributed by atoms with Gasteiger partial charge < -0.3 is 5.32 Å². The lowest BCUT2D eigenvalue weighted by molar-refractivity contribution is 0.263.